The van der Waals surface area contributed by atoms with Crippen LogP contribution in [-0.4, -0.2) is 33.0 Å². The molecule has 3 nitrogen and oxygen atoms in total. The molecule has 6 heteroatoms. The van der Waals surface area contributed by atoms with E-state index in [1.54, 1.807) is 0 Å². The first kappa shape index (κ1) is 16.4. The molecule has 0 spiro atoms. The SMILES string of the molecule is CCNCC(Cc1cc(F)cc(F)c1)C1CCS(=O)(=O)C1. The summed E-state index contributed by atoms with van der Waals surface area (Å²) in [6, 6.07) is 3.50. The van der Waals surface area contributed by atoms with Crippen LogP contribution in [0.2, 0.25) is 0 Å². The van der Waals surface area contributed by atoms with Gasteiger partial charge in [0.1, 0.15) is 11.6 Å². The van der Waals surface area contributed by atoms with Crippen LogP contribution < -0.4 is 5.32 Å². The lowest BCUT2D eigenvalue weighted by Crippen LogP contribution is -2.30. The van der Waals surface area contributed by atoms with Gasteiger partial charge in [0.2, 0.25) is 0 Å². The Kier molecular flexibility index (Phi) is 5.32. The maximum absolute atomic E-state index is 13.3. The van der Waals surface area contributed by atoms with Crippen LogP contribution >= 0.6 is 0 Å². The van der Waals surface area contributed by atoms with Crippen molar-refractivity contribution in [3.05, 3.63) is 35.4 Å². The Morgan fingerprint density at radius 2 is 1.95 bits per heavy atom. The second-order valence-electron chi connectivity index (χ2n) is 5.71. The van der Waals surface area contributed by atoms with Crippen molar-refractivity contribution in [2.45, 2.75) is 19.8 Å². The topological polar surface area (TPSA) is 46.2 Å². The summed E-state index contributed by atoms with van der Waals surface area (Å²) >= 11 is 0. The van der Waals surface area contributed by atoms with Gasteiger partial charge in [0.25, 0.3) is 0 Å². The van der Waals surface area contributed by atoms with E-state index in [1.165, 1.54) is 12.1 Å². The molecule has 1 aromatic carbocycles. The maximum atomic E-state index is 13.3. The van der Waals surface area contributed by atoms with Crippen LogP contribution in [0.15, 0.2) is 18.2 Å². The van der Waals surface area contributed by atoms with E-state index in [2.05, 4.69) is 5.32 Å². The normalized spacial score (nSPS) is 22.3. The highest BCUT2D eigenvalue weighted by molar-refractivity contribution is 7.91. The predicted molar refractivity (Wildman–Crippen MR) is 78.9 cm³/mol. The summed E-state index contributed by atoms with van der Waals surface area (Å²) < 4.78 is 49.8. The smallest absolute Gasteiger partial charge is 0.150 e. The van der Waals surface area contributed by atoms with Crippen molar-refractivity contribution in [2.24, 2.45) is 11.8 Å². The van der Waals surface area contributed by atoms with Gasteiger partial charge in [-0.15, -0.1) is 0 Å². The molecule has 1 fully saturated rings. The predicted octanol–water partition coefficient (Wildman–Crippen LogP) is 2.17. The van der Waals surface area contributed by atoms with E-state index < -0.39 is 21.5 Å². The van der Waals surface area contributed by atoms with E-state index in [1.807, 2.05) is 6.92 Å². The van der Waals surface area contributed by atoms with Gasteiger partial charge in [0, 0.05) is 6.07 Å². The van der Waals surface area contributed by atoms with Crippen LogP contribution in [0.5, 0.6) is 0 Å². The Labute approximate surface area is 124 Å². The van der Waals surface area contributed by atoms with Crippen LogP contribution in [0, 0.1) is 23.5 Å². The van der Waals surface area contributed by atoms with Crippen LogP contribution in [-0.2, 0) is 16.3 Å². The van der Waals surface area contributed by atoms with Crippen molar-refractivity contribution in [3.63, 3.8) is 0 Å². The molecule has 1 aromatic rings. The molecule has 0 saturated carbocycles. The number of hydrogen-bond acceptors (Lipinski definition) is 3. The first-order chi connectivity index (χ1) is 9.89. The van der Waals surface area contributed by atoms with Crippen molar-refractivity contribution in [2.75, 3.05) is 24.6 Å². The van der Waals surface area contributed by atoms with Gasteiger partial charge < -0.3 is 5.32 Å². The Hall–Kier alpha value is -1.01. The Morgan fingerprint density at radius 3 is 2.48 bits per heavy atom. The highest BCUT2D eigenvalue weighted by Gasteiger charge is 2.33. The fraction of sp³-hybridized carbons (Fsp3) is 0.600. The highest BCUT2D eigenvalue weighted by Crippen LogP contribution is 2.28. The van der Waals surface area contributed by atoms with Gasteiger partial charge in [-0.05, 0) is 55.5 Å². The molecule has 2 unspecified atom stereocenters. The van der Waals surface area contributed by atoms with Gasteiger partial charge in [-0.2, -0.15) is 0 Å². The van der Waals surface area contributed by atoms with Gasteiger partial charge in [0.05, 0.1) is 11.5 Å². The second-order valence-corrected chi connectivity index (χ2v) is 7.94. The zero-order valence-corrected chi connectivity index (χ0v) is 12.9. The van der Waals surface area contributed by atoms with E-state index in [4.69, 9.17) is 0 Å². The second kappa shape index (κ2) is 6.83. The summed E-state index contributed by atoms with van der Waals surface area (Å²) in [5.74, 6) is -0.653. The van der Waals surface area contributed by atoms with Crippen LogP contribution in [0.3, 0.4) is 0 Å². The summed E-state index contributed by atoms with van der Waals surface area (Å²) in [6.45, 7) is 3.42. The average molecular weight is 317 g/mol. The number of nitrogens with one attached hydrogen (secondary N) is 1. The molecule has 1 saturated heterocycles. The molecular formula is C15H21F2NO2S. The molecule has 0 bridgehead atoms. The summed E-state index contributed by atoms with van der Waals surface area (Å²) in [4.78, 5) is 0. The Bertz CT molecular complexity index is 569. The third-order valence-electron chi connectivity index (χ3n) is 4.01. The van der Waals surface area contributed by atoms with Crippen LogP contribution in [0.1, 0.15) is 18.9 Å². The Balaban J connectivity index is 2.12. The third kappa shape index (κ3) is 4.74. The number of benzene rings is 1. The molecule has 118 valence electrons. The average Bonchev–Trinajstić information content (AvgIpc) is 2.73. The van der Waals surface area contributed by atoms with Crippen LogP contribution in [0.25, 0.3) is 0 Å². The number of rotatable bonds is 6. The lowest BCUT2D eigenvalue weighted by atomic mass is 9.86. The van der Waals surface area contributed by atoms with Gasteiger partial charge in [0.15, 0.2) is 9.84 Å². The number of hydrogen-bond donors (Lipinski definition) is 1. The standard InChI is InChI=1S/C15H21F2NO2S/c1-2-18-9-13(12-3-4-21(19,20)10-12)5-11-6-14(16)8-15(17)7-11/h6-8,12-13,18H,2-5,9-10H2,1H3. The molecule has 1 heterocycles. The van der Waals surface area contributed by atoms with Gasteiger partial charge in [-0.3, -0.25) is 0 Å². The van der Waals surface area contributed by atoms with Crippen molar-refractivity contribution < 1.29 is 17.2 Å². The molecule has 0 radical (unpaired) electrons. The summed E-state index contributed by atoms with van der Waals surface area (Å²) in [6.07, 6.45) is 1.12. The molecule has 0 aliphatic carbocycles. The molecule has 0 amide bonds. The maximum Gasteiger partial charge on any atom is 0.150 e. The van der Waals surface area contributed by atoms with E-state index in [0.717, 1.165) is 12.6 Å². The van der Waals surface area contributed by atoms with Gasteiger partial charge >= 0.3 is 0 Å². The lowest BCUT2D eigenvalue weighted by Gasteiger charge is -2.23. The van der Waals surface area contributed by atoms with E-state index in [9.17, 15) is 17.2 Å². The third-order valence-corrected chi connectivity index (χ3v) is 5.80. The lowest BCUT2D eigenvalue weighted by molar-refractivity contribution is 0.345. The molecule has 2 rings (SSSR count). The quantitative estimate of drug-likeness (QED) is 0.875. The molecule has 21 heavy (non-hydrogen) atoms. The minimum atomic E-state index is -2.95. The van der Waals surface area contributed by atoms with E-state index >= 15 is 0 Å². The Morgan fingerprint density at radius 1 is 1.29 bits per heavy atom. The largest absolute Gasteiger partial charge is 0.317 e. The van der Waals surface area contributed by atoms with Gasteiger partial charge in [-0.1, -0.05) is 6.92 Å². The fourth-order valence-electron chi connectivity index (χ4n) is 2.96. The molecule has 2 atom stereocenters. The van der Waals surface area contributed by atoms with Crippen molar-refractivity contribution in [1.82, 2.24) is 5.32 Å². The summed E-state index contributed by atoms with van der Waals surface area (Å²) in [5.41, 5.74) is 0.583. The molecule has 0 aromatic heterocycles. The fourth-order valence-corrected chi connectivity index (χ4v) is 4.88. The minimum Gasteiger partial charge on any atom is -0.317 e. The molecular weight excluding hydrogens is 296 g/mol. The summed E-state index contributed by atoms with van der Waals surface area (Å²) in [5, 5.41) is 3.22. The minimum absolute atomic E-state index is 0.0559. The highest BCUT2D eigenvalue weighted by atomic mass is 32.2. The van der Waals surface area contributed by atoms with E-state index in [0.29, 0.717) is 24.9 Å². The molecule has 1 aliphatic rings. The van der Waals surface area contributed by atoms with Crippen molar-refractivity contribution in [3.8, 4) is 0 Å². The molecule has 1 N–H and O–H groups in total. The van der Waals surface area contributed by atoms with Crippen LogP contribution in [0.4, 0.5) is 8.78 Å². The van der Waals surface area contributed by atoms with Crippen molar-refractivity contribution >= 4 is 9.84 Å². The van der Waals surface area contributed by atoms with Gasteiger partial charge in [-0.25, -0.2) is 17.2 Å². The zero-order valence-electron chi connectivity index (χ0n) is 12.1. The summed E-state index contributed by atoms with van der Waals surface area (Å²) in [7, 11) is -2.95. The first-order valence-electron chi connectivity index (χ1n) is 7.25. The number of halogens is 2. The molecule has 1 aliphatic heterocycles. The monoisotopic (exact) mass is 317 g/mol. The first-order valence-corrected chi connectivity index (χ1v) is 9.08. The number of sulfone groups is 1. The van der Waals surface area contributed by atoms with Crippen molar-refractivity contribution in [1.29, 1.82) is 0 Å². The van der Waals surface area contributed by atoms with E-state index in [-0.39, 0.29) is 23.3 Å². The zero-order chi connectivity index (χ0) is 15.5.